The van der Waals surface area contributed by atoms with E-state index in [1.807, 2.05) is 11.0 Å². The summed E-state index contributed by atoms with van der Waals surface area (Å²) < 4.78 is 10.6. The Morgan fingerprint density at radius 1 is 1.42 bits per heavy atom. The molecule has 2 aromatic rings. The van der Waals surface area contributed by atoms with E-state index in [1.165, 1.54) is 11.1 Å². The van der Waals surface area contributed by atoms with E-state index < -0.39 is 0 Å². The topological polar surface area (TPSA) is 68.5 Å². The summed E-state index contributed by atoms with van der Waals surface area (Å²) in [4.78, 5) is 18.4. The van der Waals surface area contributed by atoms with Crippen LogP contribution in [0.15, 0.2) is 28.8 Å². The summed E-state index contributed by atoms with van der Waals surface area (Å²) in [7, 11) is 0. The van der Waals surface area contributed by atoms with Crippen molar-refractivity contribution in [1.29, 1.82) is 0 Å². The number of carbonyl (C=O) groups is 1. The monoisotopic (exact) mass is 347 g/mol. The van der Waals surface area contributed by atoms with Gasteiger partial charge in [-0.2, -0.15) is 4.98 Å². The Balaban J connectivity index is 1.49. The van der Waals surface area contributed by atoms with E-state index in [1.54, 1.807) is 18.7 Å². The first kappa shape index (κ1) is 17.0. The first-order valence-electron chi connectivity index (χ1n) is 7.94. The van der Waals surface area contributed by atoms with Gasteiger partial charge >= 0.3 is 0 Å². The lowest BCUT2D eigenvalue weighted by Gasteiger charge is -2.31. The minimum absolute atomic E-state index is 0.126. The zero-order valence-corrected chi connectivity index (χ0v) is 14.7. The van der Waals surface area contributed by atoms with E-state index >= 15 is 0 Å². The Bertz CT molecular complexity index is 704. The van der Waals surface area contributed by atoms with E-state index in [0.29, 0.717) is 37.2 Å². The lowest BCUT2D eigenvalue weighted by molar-refractivity contribution is -0.136. The number of rotatable bonds is 5. The molecule has 24 heavy (non-hydrogen) atoms. The number of benzene rings is 1. The second-order valence-electron chi connectivity index (χ2n) is 5.85. The van der Waals surface area contributed by atoms with Gasteiger partial charge in [-0.25, -0.2) is 0 Å². The van der Waals surface area contributed by atoms with Crippen LogP contribution in [-0.4, -0.2) is 46.4 Å². The fraction of sp³-hybridized carbons (Fsp3) is 0.471. The molecule has 1 aromatic heterocycles. The molecular weight excluding hydrogens is 326 g/mol. The van der Waals surface area contributed by atoms with Gasteiger partial charge in [0.25, 0.3) is 0 Å². The van der Waals surface area contributed by atoms with E-state index in [-0.39, 0.29) is 12.0 Å². The van der Waals surface area contributed by atoms with Crippen LogP contribution in [0.1, 0.15) is 28.9 Å². The van der Waals surface area contributed by atoms with E-state index in [0.717, 1.165) is 5.75 Å². The van der Waals surface area contributed by atoms with Gasteiger partial charge in [0.05, 0.1) is 18.9 Å². The van der Waals surface area contributed by atoms with Crippen molar-refractivity contribution in [1.82, 2.24) is 15.0 Å². The molecule has 1 aromatic carbocycles. The molecule has 0 spiro atoms. The lowest BCUT2D eigenvalue weighted by atomic mass is 10.2. The van der Waals surface area contributed by atoms with Crippen molar-refractivity contribution in [3.8, 4) is 0 Å². The van der Waals surface area contributed by atoms with Crippen molar-refractivity contribution in [3.63, 3.8) is 0 Å². The van der Waals surface area contributed by atoms with Gasteiger partial charge in [0.15, 0.2) is 0 Å². The van der Waals surface area contributed by atoms with Crippen LogP contribution < -0.4 is 0 Å². The number of ether oxygens (including phenoxy) is 1. The largest absolute Gasteiger partial charge is 0.366 e. The Morgan fingerprint density at radius 3 is 3.04 bits per heavy atom. The number of thioether (sulfide) groups is 1. The third-order valence-electron chi connectivity index (χ3n) is 3.83. The maximum atomic E-state index is 12.4. The Kier molecular flexibility index (Phi) is 5.52. The molecule has 0 N–H and O–H groups in total. The van der Waals surface area contributed by atoms with Crippen molar-refractivity contribution in [2.45, 2.75) is 25.7 Å². The van der Waals surface area contributed by atoms with Crippen LogP contribution in [0, 0.1) is 13.8 Å². The van der Waals surface area contributed by atoms with Crippen molar-refractivity contribution in [2.75, 3.05) is 25.4 Å². The Hall–Kier alpha value is -1.86. The molecule has 1 amide bonds. The summed E-state index contributed by atoms with van der Waals surface area (Å²) in [6.45, 7) is 5.39. The third-order valence-corrected chi connectivity index (χ3v) is 4.82. The number of morpholine rings is 1. The lowest BCUT2D eigenvalue weighted by Crippen LogP contribution is -2.43. The molecule has 128 valence electrons. The maximum absolute atomic E-state index is 12.4. The number of aromatic nitrogens is 2. The summed E-state index contributed by atoms with van der Waals surface area (Å²) in [5, 5.41) is 3.89. The highest BCUT2D eigenvalue weighted by Crippen LogP contribution is 2.21. The average Bonchev–Trinajstić information content (AvgIpc) is 3.01. The molecule has 0 bridgehead atoms. The van der Waals surface area contributed by atoms with Crippen molar-refractivity contribution in [3.05, 3.63) is 47.1 Å². The zero-order chi connectivity index (χ0) is 16.9. The van der Waals surface area contributed by atoms with Crippen LogP contribution in [0.4, 0.5) is 0 Å². The normalized spacial score (nSPS) is 17.9. The van der Waals surface area contributed by atoms with Crippen molar-refractivity contribution >= 4 is 17.7 Å². The summed E-state index contributed by atoms with van der Waals surface area (Å²) in [6.07, 6.45) is -0.304. The predicted octanol–water partition coefficient (Wildman–Crippen LogP) is 2.52. The Labute approximate surface area is 145 Å². The molecule has 1 saturated heterocycles. The van der Waals surface area contributed by atoms with Crippen LogP contribution in [0.5, 0.6) is 0 Å². The van der Waals surface area contributed by atoms with Gasteiger partial charge in [0.2, 0.25) is 17.6 Å². The third kappa shape index (κ3) is 4.36. The summed E-state index contributed by atoms with van der Waals surface area (Å²) >= 11 is 1.64. The average molecular weight is 347 g/mol. The number of carbonyl (C=O) groups excluding carboxylic acids is 1. The van der Waals surface area contributed by atoms with E-state index in [9.17, 15) is 4.79 Å². The number of hydrogen-bond donors (Lipinski definition) is 0. The second kappa shape index (κ2) is 7.81. The molecule has 1 aliphatic rings. The van der Waals surface area contributed by atoms with Gasteiger partial charge in [0, 0.05) is 19.2 Å². The number of amides is 1. The molecular formula is C17H21N3O3S. The molecule has 3 rings (SSSR count). The highest BCUT2D eigenvalue weighted by Gasteiger charge is 2.28. The zero-order valence-electron chi connectivity index (χ0n) is 13.9. The van der Waals surface area contributed by atoms with Gasteiger partial charge < -0.3 is 14.2 Å². The SMILES string of the molecule is Cc1cccc(CSCC(=O)N2CCOC(c3noc(C)n3)C2)c1. The highest BCUT2D eigenvalue weighted by atomic mass is 32.2. The Morgan fingerprint density at radius 2 is 2.29 bits per heavy atom. The molecule has 1 fully saturated rings. The van der Waals surface area contributed by atoms with Gasteiger partial charge in [0.1, 0.15) is 6.10 Å². The van der Waals surface area contributed by atoms with Gasteiger partial charge in [-0.1, -0.05) is 35.0 Å². The molecule has 1 aliphatic heterocycles. The maximum Gasteiger partial charge on any atom is 0.232 e. The van der Waals surface area contributed by atoms with E-state index in [2.05, 4.69) is 35.3 Å². The van der Waals surface area contributed by atoms with Crippen LogP contribution in [0.25, 0.3) is 0 Å². The first-order valence-corrected chi connectivity index (χ1v) is 9.10. The predicted molar refractivity (Wildman–Crippen MR) is 91.6 cm³/mol. The summed E-state index contributed by atoms with van der Waals surface area (Å²) in [5.41, 5.74) is 2.49. The molecule has 0 radical (unpaired) electrons. The molecule has 6 nitrogen and oxygen atoms in total. The molecule has 1 atom stereocenters. The second-order valence-corrected chi connectivity index (χ2v) is 6.84. The fourth-order valence-electron chi connectivity index (χ4n) is 2.63. The molecule has 0 aliphatic carbocycles. The van der Waals surface area contributed by atoms with Gasteiger partial charge in [-0.15, -0.1) is 11.8 Å². The number of hydrogen-bond acceptors (Lipinski definition) is 6. The van der Waals surface area contributed by atoms with Gasteiger partial charge in [-0.3, -0.25) is 4.79 Å². The first-order chi connectivity index (χ1) is 11.6. The van der Waals surface area contributed by atoms with Crippen molar-refractivity contribution < 1.29 is 14.1 Å². The van der Waals surface area contributed by atoms with Crippen molar-refractivity contribution in [2.24, 2.45) is 0 Å². The molecule has 1 unspecified atom stereocenters. The minimum Gasteiger partial charge on any atom is -0.366 e. The number of aryl methyl sites for hydroxylation is 2. The standard InChI is InChI=1S/C17H21N3O3S/c1-12-4-3-5-14(8-12)10-24-11-16(21)20-6-7-22-15(9-20)17-18-13(2)23-19-17/h3-5,8,15H,6-7,9-11H2,1-2H3. The highest BCUT2D eigenvalue weighted by molar-refractivity contribution is 7.99. The van der Waals surface area contributed by atoms with Crippen LogP contribution >= 0.6 is 11.8 Å². The quantitative estimate of drug-likeness (QED) is 0.828. The number of nitrogens with zero attached hydrogens (tertiary/aromatic N) is 3. The van der Waals surface area contributed by atoms with Crippen LogP contribution in [0.3, 0.4) is 0 Å². The van der Waals surface area contributed by atoms with Crippen LogP contribution in [-0.2, 0) is 15.3 Å². The molecule has 7 heteroatoms. The molecule has 2 heterocycles. The minimum atomic E-state index is -0.304. The van der Waals surface area contributed by atoms with Gasteiger partial charge in [-0.05, 0) is 12.5 Å². The fourth-order valence-corrected chi connectivity index (χ4v) is 3.50. The smallest absolute Gasteiger partial charge is 0.232 e. The van der Waals surface area contributed by atoms with Crippen LogP contribution in [0.2, 0.25) is 0 Å². The van der Waals surface area contributed by atoms with E-state index in [4.69, 9.17) is 9.26 Å². The molecule has 0 saturated carbocycles. The summed E-state index contributed by atoms with van der Waals surface area (Å²) in [6, 6.07) is 8.37. The summed E-state index contributed by atoms with van der Waals surface area (Å²) in [5.74, 6) is 2.45.